The van der Waals surface area contributed by atoms with Crippen LogP contribution in [0.15, 0.2) is 53.9 Å². The van der Waals surface area contributed by atoms with Crippen molar-refractivity contribution in [3.63, 3.8) is 0 Å². The number of hydrogen-bond donors (Lipinski definition) is 0. The molecule has 0 saturated heterocycles. The normalized spacial score (nSPS) is 11.7. The molecule has 0 N–H and O–H groups in total. The first-order valence-corrected chi connectivity index (χ1v) is 8.96. The average Bonchev–Trinajstić information content (AvgIpc) is 3.18. The number of halogens is 1. The van der Waals surface area contributed by atoms with Crippen molar-refractivity contribution < 1.29 is 23.5 Å². The molecule has 0 fully saturated rings. The first kappa shape index (κ1) is 18.7. The fourth-order valence-corrected chi connectivity index (χ4v) is 3.15. The molecule has 0 aliphatic heterocycles. The molecule has 0 aliphatic carbocycles. The van der Waals surface area contributed by atoms with Crippen LogP contribution in [0.2, 0.25) is 0 Å². The van der Waals surface area contributed by atoms with Gasteiger partial charge in [0.05, 0.1) is 7.11 Å². The maximum Gasteiger partial charge on any atom is 0.358 e. The zero-order valence-electron chi connectivity index (χ0n) is 14.6. The van der Waals surface area contributed by atoms with E-state index in [0.29, 0.717) is 21.9 Å². The van der Waals surface area contributed by atoms with Gasteiger partial charge in [0.25, 0.3) is 0 Å². The van der Waals surface area contributed by atoms with Crippen LogP contribution in [0.3, 0.4) is 0 Å². The Morgan fingerprint density at radius 1 is 1.07 bits per heavy atom. The lowest BCUT2D eigenvalue weighted by Crippen LogP contribution is -2.24. The summed E-state index contributed by atoms with van der Waals surface area (Å²) in [5, 5.41) is 2.11. The van der Waals surface area contributed by atoms with Gasteiger partial charge in [0, 0.05) is 16.5 Å². The second kappa shape index (κ2) is 8.09. The number of ketones is 1. The van der Waals surface area contributed by atoms with Gasteiger partial charge < -0.3 is 9.47 Å². The number of rotatable bonds is 6. The predicted octanol–water partition coefficient (Wildman–Crippen LogP) is 4.39. The topological polar surface area (TPSA) is 65.5 Å². The summed E-state index contributed by atoms with van der Waals surface area (Å²) in [6.07, 6.45) is -0.957. The minimum absolute atomic E-state index is 0.105. The Balaban J connectivity index is 1.67. The Labute approximate surface area is 159 Å². The van der Waals surface area contributed by atoms with E-state index < -0.39 is 12.1 Å². The van der Waals surface area contributed by atoms with Crippen LogP contribution in [-0.2, 0) is 4.74 Å². The number of ether oxygens (including phenoxy) is 2. The third kappa shape index (κ3) is 4.38. The van der Waals surface area contributed by atoms with Crippen molar-refractivity contribution >= 4 is 23.1 Å². The second-order valence-corrected chi connectivity index (χ2v) is 6.54. The van der Waals surface area contributed by atoms with E-state index in [1.807, 2.05) is 0 Å². The first-order valence-electron chi connectivity index (χ1n) is 8.08. The molecule has 27 heavy (non-hydrogen) atoms. The maximum absolute atomic E-state index is 13.0. The molecule has 0 saturated carbocycles. The smallest absolute Gasteiger partial charge is 0.358 e. The quantitative estimate of drug-likeness (QED) is 0.465. The summed E-state index contributed by atoms with van der Waals surface area (Å²) in [6.45, 7) is 1.51. The molecule has 0 unspecified atom stereocenters. The summed E-state index contributed by atoms with van der Waals surface area (Å²) in [4.78, 5) is 28.9. The highest BCUT2D eigenvalue weighted by Gasteiger charge is 2.22. The van der Waals surface area contributed by atoms with Crippen LogP contribution in [0.5, 0.6) is 5.75 Å². The number of hydrogen-bond acceptors (Lipinski definition) is 6. The third-order valence-electron chi connectivity index (χ3n) is 3.83. The van der Waals surface area contributed by atoms with Crippen LogP contribution in [0, 0.1) is 5.82 Å². The highest BCUT2D eigenvalue weighted by Crippen LogP contribution is 2.24. The number of aromatic nitrogens is 1. The van der Waals surface area contributed by atoms with Crippen LogP contribution in [-0.4, -0.2) is 30.0 Å². The van der Waals surface area contributed by atoms with Crippen LogP contribution < -0.4 is 4.74 Å². The van der Waals surface area contributed by atoms with Crippen molar-refractivity contribution in [3.05, 3.63) is 71.0 Å². The molecule has 3 rings (SSSR count). The minimum Gasteiger partial charge on any atom is -0.497 e. The van der Waals surface area contributed by atoms with Crippen LogP contribution in [0.1, 0.15) is 27.8 Å². The Kier molecular flexibility index (Phi) is 5.61. The maximum atomic E-state index is 13.0. The summed E-state index contributed by atoms with van der Waals surface area (Å²) >= 11 is 1.24. The lowest BCUT2D eigenvalue weighted by atomic mass is 10.1. The zero-order chi connectivity index (χ0) is 19.4. The number of methoxy groups -OCH3 is 1. The molecule has 3 aromatic rings. The zero-order valence-corrected chi connectivity index (χ0v) is 15.5. The SMILES string of the molecule is COc1ccc(C(=O)[C@H](C)OC(=O)c2csc(-c3ccc(F)cc3)n2)cc1. The minimum atomic E-state index is -0.957. The number of esters is 1. The Hall–Kier alpha value is -3.06. The Morgan fingerprint density at radius 2 is 1.74 bits per heavy atom. The predicted molar refractivity (Wildman–Crippen MR) is 99.7 cm³/mol. The number of thiazole rings is 1. The molecule has 1 atom stereocenters. The van der Waals surface area contributed by atoms with Gasteiger partial charge in [-0.1, -0.05) is 0 Å². The summed E-state index contributed by atoms with van der Waals surface area (Å²) in [5.74, 6) is -0.721. The van der Waals surface area contributed by atoms with E-state index in [9.17, 15) is 14.0 Å². The summed E-state index contributed by atoms with van der Waals surface area (Å²) in [7, 11) is 1.54. The highest BCUT2D eigenvalue weighted by atomic mass is 32.1. The Bertz CT molecular complexity index is 951. The van der Waals surface area contributed by atoms with E-state index >= 15 is 0 Å². The lowest BCUT2D eigenvalue weighted by molar-refractivity contribution is 0.0314. The van der Waals surface area contributed by atoms with E-state index in [2.05, 4.69) is 4.98 Å². The molecule has 138 valence electrons. The number of carbonyl (C=O) groups excluding carboxylic acids is 2. The van der Waals surface area contributed by atoms with Gasteiger partial charge in [-0.15, -0.1) is 11.3 Å². The molecule has 7 heteroatoms. The van der Waals surface area contributed by atoms with E-state index in [1.165, 1.54) is 37.5 Å². The van der Waals surface area contributed by atoms with Gasteiger partial charge in [-0.25, -0.2) is 14.2 Å². The van der Waals surface area contributed by atoms with Crippen molar-refractivity contribution in [3.8, 4) is 16.3 Å². The Morgan fingerprint density at radius 3 is 2.37 bits per heavy atom. The summed E-state index contributed by atoms with van der Waals surface area (Å²) in [6, 6.07) is 12.4. The molecule has 0 aliphatic rings. The van der Waals surface area contributed by atoms with Gasteiger partial charge >= 0.3 is 5.97 Å². The molecule has 1 heterocycles. The second-order valence-electron chi connectivity index (χ2n) is 5.69. The fourth-order valence-electron chi connectivity index (χ4n) is 2.36. The number of Topliss-reactive ketones (excluding diaryl/α,β-unsaturated/α-hetero) is 1. The van der Waals surface area contributed by atoms with E-state index in [4.69, 9.17) is 9.47 Å². The van der Waals surface area contributed by atoms with Gasteiger partial charge in [-0.3, -0.25) is 4.79 Å². The molecule has 1 aromatic heterocycles. The van der Waals surface area contributed by atoms with Crippen LogP contribution >= 0.6 is 11.3 Å². The van der Waals surface area contributed by atoms with E-state index in [0.717, 1.165) is 0 Å². The van der Waals surface area contributed by atoms with Gasteiger partial charge in [0.15, 0.2) is 11.8 Å². The standard InChI is InChI=1S/C20H16FNO4S/c1-12(18(23)13-5-9-16(25-2)10-6-13)26-20(24)17-11-27-19(22-17)14-3-7-15(21)8-4-14/h3-12H,1-2H3/t12-/m0/s1. The van der Waals surface area contributed by atoms with Crippen molar-refractivity contribution in [2.45, 2.75) is 13.0 Å². The van der Waals surface area contributed by atoms with Gasteiger partial charge in [0.2, 0.25) is 5.78 Å². The third-order valence-corrected chi connectivity index (χ3v) is 4.72. The first-order chi connectivity index (χ1) is 13.0. The summed E-state index contributed by atoms with van der Waals surface area (Å²) < 4.78 is 23.3. The molecule has 0 amide bonds. The van der Waals surface area contributed by atoms with Crippen molar-refractivity contribution in [2.75, 3.05) is 7.11 Å². The van der Waals surface area contributed by atoms with Crippen LogP contribution in [0.4, 0.5) is 4.39 Å². The fraction of sp³-hybridized carbons (Fsp3) is 0.150. The van der Waals surface area contributed by atoms with E-state index in [1.54, 1.807) is 41.8 Å². The molecule has 0 bridgehead atoms. The molecular formula is C20H16FNO4S. The van der Waals surface area contributed by atoms with E-state index in [-0.39, 0.29) is 17.3 Å². The largest absolute Gasteiger partial charge is 0.497 e. The highest BCUT2D eigenvalue weighted by molar-refractivity contribution is 7.13. The summed E-state index contributed by atoms with van der Waals surface area (Å²) in [5.41, 5.74) is 1.22. The molecule has 2 aromatic carbocycles. The lowest BCUT2D eigenvalue weighted by Gasteiger charge is -2.11. The van der Waals surface area contributed by atoms with Crippen molar-refractivity contribution in [1.29, 1.82) is 0 Å². The van der Waals surface area contributed by atoms with Gasteiger partial charge in [0.1, 0.15) is 16.6 Å². The van der Waals surface area contributed by atoms with Crippen LogP contribution in [0.25, 0.3) is 10.6 Å². The monoisotopic (exact) mass is 385 g/mol. The molecular weight excluding hydrogens is 369 g/mol. The van der Waals surface area contributed by atoms with Gasteiger partial charge in [-0.2, -0.15) is 0 Å². The average molecular weight is 385 g/mol. The van der Waals surface area contributed by atoms with Crippen molar-refractivity contribution in [2.24, 2.45) is 0 Å². The van der Waals surface area contributed by atoms with Crippen molar-refractivity contribution in [1.82, 2.24) is 4.98 Å². The number of nitrogens with zero attached hydrogens (tertiary/aromatic N) is 1. The molecule has 5 nitrogen and oxygen atoms in total. The van der Waals surface area contributed by atoms with Gasteiger partial charge in [-0.05, 0) is 55.5 Å². The molecule has 0 spiro atoms. The number of carbonyl (C=O) groups is 2. The molecule has 0 radical (unpaired) electrons. The number of benzene rings is 2.